The van der Waals surface area contributed by atoms with Crippen LogP contribution in [-0.4, -0.2) is 67.6 Å². The van der Waals surface area contributed by atoms with Crippen LogP contribution in [0.5, 0.6) is 0 Å². The lowest BCUT2D eigenvalue weighted by Crippen LogP contribution is -2.55. The number of nitrogens with one attached hydrogen (secondary N) is 2. The van der Waals surface area contributed by atoms with Gasteiger partial charge in [-0.25, -0.2) is 0 Å². The molecule has 2 aliphatic rings. The molecule has 24 heavy (non-hydrogen) atoms. The molecular weight excluding hydrogens is 300 g/mol. The molecule has 2 saturated heterocycles. The molecule has 5 heteroatoms. The van der Waals surface area contributed by atoms with Gasteiger partial charge in [-0.2, -0.15) is 0 Å². The van der Waals surface area contributed by atoms with Gasteiger partial charge in [0.2, 0.25) is 5.91 Å². The Hall–Kier alpha value is -1.43. The lowest BCUT2D eigenvalue weighted by molar-refractivity contribution is -0.128. The molecule has 0 spiro atoms. The molecule has 2 N–H and O–H groups in total. The van der Waals surface area contributed by atoms with E-state index in [9.17, 15) is 4.79 Å². The summed E-state index contributed by atoms with van der Waals surface area (Å²) >= 11 is 0. The van der Waals surface area contributed by atoms with E-state index in [1.807, 2.05) is 18.2 Å². The molecule has 0 bridgehead atoms. The highest BCUT2D eigenvalue weighted by Crippen LogP contribution is 2.23. The third kappa shape index (κ3) is 4.15. The van der Waals surface area contributed by atoms with Gasteiger partial charge in [-0.3, -0.25) is 9.69 Å². The molecule has 3 atom stereocenters. The Balaban J connectivity index is 1.75. The number of nitrogens with zero attached hydrogens (tertiary/aromatic N) is 2. The SMILES string of the molecule is CC1NCCCC1NC(=O)C(c1ccccc1)N1CCN(C)CC1. The molecule has 5 nitrogen and oxygen atoms in total. The summed E-state index contributed by atoms with van der Waals surface area (Å²) in [6.45, 7) is 7.10. The maximum absolute atomic E-state index is 13.1. The average Bonchev–Trinajstić information content (AvgIpc) is 2.60. The minimum atomic E-state index is -0.186. The van der Waals surface area contributed by atoms with Crippen LogP contribution in [0.2, 0.25) is 0 Å². The van der Waals surface area contributed by atoms with Gasteiger partial charge in [0.25, 0.3) is 0 Å². The van der Waals surface area contributed by atoms with Crippen molar-refractivity contribution in [3.63, 3.8) is 0 Å². The Kier molecular flexibility index (Phi) is 5.87. The van der Waals surface area contributed by atoms with Crippen molar-refractivity contribution in [2.75, 3.05) is 39.8 Å². The number of benzene rings is 1. The zero-order valence-corrected chi connectivity index (χ0v) is 14.9. The maximum Gasteiger partial charge on any atom is 0.242 e. The summed E-state index contributed by atoms with van der Waals surface area (Å²) in [5.74, 6) is 0.145. The zero-order chi connectivity index (χ0) is 16.9. The highest BCUT2D eigenvalue weighted by Gasteiger charge is 2.32. The smallest absolute Gasteiger partial charge is 0.242 e. The van der Waals surface area contributed by atoms with Crippen molar-refractivity contribution in [3.05, 3.63) is 35.9 Å². The van der Waals surface area contributed by atoms with E-state index in [-0.39, 0.29) is 18.0 Å². The van der Waals surface area contributed by atoms with E-state index >= 15 is 0 Å². The van der Waals surface area contributed by atoms with Gasteiger partial charge in [0, 0.05) is 38.3 Å². The summed E-state index contributed by atoms with van der Waals surface area (Å²) < 4.78 is 0. The average molecular weight is 330 g/mol. The fourth-order valence-electron chi connectivity index (χ4n) is 3.75. The molecule has 1 aromatic rings. The van der Waals surface area contributed by atoms with Gasteiger partial charge in [0.1, 0.15) is 6.04 Å². The van der Waals surface area contributed by atoms with Gasteiger partial charge in [-0.05, 0) is 38.9 Å². The van der Waals surface area contributed by atoms with Crippen molar-refractivity contribution in [1.29, 1.82) is 0 Å². The quantitative estimate of drug-likeness (QED) is 0.872. The second kappa shape index (κ2) is 8.10. The van der Waals surface area contributed by atoms with E-state index in [1.54, 1.807) is 0 Å². The first kappa shape index (κ1) is 17.4. The summed E-state index contributed by atoms with van der Waals surface area (Å²) in [4.78, 5) is 17.8. The van der Waals surface area contributed by atoms with Gasteiger partial charge in [0.15, 0.2) is 0 Å². The third-order valence-corrected chi connectivity index (χ3v) is 5.36. The topological polar surface area (TPSA) is 47.6 Å². The molecule has 0 aromatic heterocycles. The molecule has 0 aliphatic carbocycles. The number of carbonyl (C=O) groups is 1. The molecule has 3 rings (SSSR count). The van der Waals surface area contributed by atoms with Crippen molar-refractivity contribution >= 4 is 5.91 Å². The Morgan fingerprint density at radius 3 is 2.58 bits per heavy atom. The molecule has 1 aromatic carbocycles. The summed E-state index contributed by atoms with van der Waals surface area (Å²) in [5.41, 5.74) is 1.09. The minimum Gasteiger partial charge on any atom is -0.350 e. The fraction of sp³-hybridized carbons (Fsp3) is 0.632. The van der Waals surface area contributed by atoms with Crippen molar-refractivity contribution in [2.24, 2.45) is 0 Å². The number of likely N-dealkylation sites (N-methyl/N-ethyl adjacent to an activating group) is 1. The first-order chi connectivity index (χ1) is 11.6. The second-order valence-electron chi connectivity index (χ2n) is 7.15. The maximum atomic E-state index is 13.1. The normalized spacial score (nSPS) is 27.6. The van der Waals surface area contributed by atoms with Crippen LogP contribution in [0.3, 0.4) is 0 Å². The van der Waals surface area contributed by atoms with E-state index in [4.69, 9.17) is 0 Å². The monoisotopic (exact) mass is 330 g/mol. The molecule has 0 saturated carbocycles. The fourth-order valence-corrected chi connectivity index (χ4v) is 3.75. The number of piperazine rings is 1. The van der Waals surface area contributed by atoms with E-state index in [2.05, 4.69) is 46.5 Å². The molecule has 2 aliphatic heterocycles. The summed E-state index contributed by atoms with van der Waals surface area (Å²) in [5, 5.41) is 6.79. The van der Waals surface area contributed by atoms with Gasteiger partial charge in [-0.15, -0.1) is 0 Å². The van der Waals surface area contributed by atoms with E-state index in [0.717, 1.165) is 51.1 Å². The van der Waals surface area contributed by atoms with Gasteiger partial charge < -0.3 is 15.5 Å². The van der Waals surface area contributed by atoms with Crippen molar-refractivity contribution in [3.8, 4) is 0 Å². The first-order valence-electron chi connectivity index (χ1n) is 9.16. The number of hydrogen-bond donors (Lipinski definition) is 2. The van der Waals surface area contributed by atoms with Gasteiger partial charge in [0.05, 0.1) is 0 Å². The van der Waals surface area contributed by atoms with E-state index in [0.29, 0.717) is 6.04 Å². The van der Waals surface area contributed by atoms with Crippen LogP contribution in [-0.2, 0) is 4.79 Å². The molecule has 2 fully saturated rings. The van der Waals surface area contributed by atoms with Crippen LogP contribution >= 0.6 is 0 Å². The standard InChI is InChI=1S/C19H30N4O/c1-15-17(9-6-10-20-15)21-19(24)18(16-7-4-3-5-8-16)23-13-11-22(2)12-14-23/h3-5,7-8,15,17-18,20H,6,9-14H2,1-2H3,(H,21,24). The summed E-state index contributed by atoms with van der Waals surface area (Å²) in [6, 6.07) is 10.6. The number of rotatable bonds is 4. The highest BCUT2D eigenvalue weighted by molar-refractivity contribution is 5.83. The summed E-state index contributed by atoms with van der Waals surface area (Å²) in [7, 11) is 2.14. The highest BCUT2D eigenvalue weighted by atomic mass is 16.2. The number of hydrogen-bond acceptors (Lipinski definition) is 4. The lowest BCUT2D eigenvalue weighted by atomic mass is 9.98. The predicted molar refractivity (Wildman–Crippen MR) is 96.9 cm³/mol. The zero-order valence-electron chi connectivity index (χ0n) is 14.9. The Morgan fingerprint density at radius 2 is 1.92 bits per heavy atom. The molecule has 132 valence electrons. The first-order valence-corrected chi connectivity index (χ1v) is 9.16. The van der Waals surface area contributed by atoms with Gasteiger partial charge in [-0.1, -0.05) is 30.3 Å². The number of piperidine rings is 1. The lowest BCUT2D eigenvalue weighted by Gasteiger charge is -2.39. The van der Waals surface area contributed by atoms with Crippen LogP contribution in [0.25, 0.3) is 0 Å². The largest absolute Gasteiger partial charge is 0.350 e. The Morgan fingerprint density at radius 1 is 1.21 bits per heavy atom. The van der Waals surface area contributed by atoms with Gasteiger partial charge >= 0.3 is 0 Å². The van der Waals surface area contributed by atoms with Crippen LogP contribution in [0.4, 0.5) is 0 Å². The second-order valence-corrected chi connectivity index (χ2v) is 7.15. The van der Waals surface area contributed by atoms with E-state index in [1.165, 1.54) is 0 Å². The Labute approximate surface area is 145 Å². The van der Waals surface area contributed by atoms with Crippen LogP contribution in [0.15, 0.2) is 30.3 Å². The molecule has 0 radical (unpaired) electrons. The molecular formula is C19H30N4O. The van der Waals surface area contributed by atoms with Crippen LogP contribution in [0, 0.1) is 0 Å². The van der Waals surface area contributed by atoms with Crippen LogP contribution in [0.1, 0.15) is 31.4 Å². The molecule has 2 heterocycles. The van der Waals surface area contributed by atoms with Crippen molar-refractivity contribution < 1.29 is 4.79 Å². The third-order valence-electron chi connectivity index (χ3n) is 5.36. The Bertz CT molecular complexity index is 527. The van der Waals surface area contributed by atoms with E-state index < -0.39 is 0 Å². The predicted octanol–water partition coefficient (Wildman–Crippen LogP) is 1.23. The summed E-state index contributed by atoms with van der Waals surface area (Å²) in [6.07, 6.45) is 2.18. The van der Waals surface area contributed by atoms with Crippen LogP contribution < -0.4 is 10.6 Å². The number of carbonyl (C=O) groups excluding carboxylic acids is 1. The van der Waals surface area contributed by atoms with Crippen molar-refractivity contribution in [1.82, 2.24) is 20.4 Å². The minimum absolute atomic E-state index is 0.145. The number of amides is 1. The molecule has 3 unspecified atom stereocenters. The molecule has 1 amide bonds. The van der Waals surface area contributed by atoms with Crippen molar-refractivity contribution in [2.45, 2.75) is 37.9 Å².